The predicted octanol–water partition coefficient (Wildman–Crippen LogP) is 3.80. The van der Waals surface area contributed by atoms with Crippen LogP contribution in [0.3, 0.4) is 0 Å². The molecule has 0 amide bonds. The molecule has 29 heavy (non-hydrogen) atoms. The van der Waals surface area contributed by atoms with Crippen molar-refractivity contribution in [3.63, 3.8) is 0 Å². The van der Waals surface area contributed by atoms with E-state index in [1.807, 2.05) is 0 Å². The van der Waals surface area contributed by atoms with Crippen LogP contribution in [0, 0.1) is 12.3 Å². The number of imidazole rings is 1. The molecule has 0 saturated carbocycles. The van der Waals surface area contributed by atoms with Gasteiger partial charge in [-0.15, -0.1) is 0 Å². The minimum atomic E-state index is -0.238. The van der Waals surface area contributed by atoms with Crippen molar-refractivity contribution in [1.82, 2.24) is 19.9 Å². The first-order chi connectivity index (χ1) is 14.0. The van der Waals surface area contributed by atoms with Gasteiger partial charge < -0.3 is 19.8 Å². The van der Waals surface area contributed by atoms with E-state index >= 15 is 0 Å². The average molecular weight is 412 g/mol. The first-order valence-electron chi connectivity index (χ1n) is 10.3. The van der Waals surface area contributed by atoms with Crippen molar-refractivity contribution in [2.75, 3.05) is 37.6 Å². The monoisotopic (exact) mass is 411 g/mol. The summed E-state index contributed by atoms with van der Waals surface area (Å²) >= 11 is 6.27. The number of anilines is 1. The minimum Gasteiger partial charge on any atom is -0.371 e. The second-order valence-electron chi connectivity index (χ2n) is 8.56. The Morgan fingerprint density at radius 3 is 2.83 bits per heavy atom. The smallest absolute Gasteiger partial charge is 0.260 e. The van der Waals surface area contributed by atoms with Gasteiger partial charge >= 0.3 is 0 Å². The molecule has 2 aliphatic heterocycles. The molecule has 2 aliphatic rings. The van der Waals surface area contributed by atoms with E-state index < -0.39 is 0 Å². The number of fused-ring (bicyclic) bond motifs is 1. The quantitative estimate of drug-likeness (QED) is 0.687. The second kappa shape index (κ2) is 6.89. The van der Waals surface area contributed by atoms with E-state index in [4.69, 9.17) is 11.6 Å². The highest BCUT2D eigenvalue weighted by atomic mass is 35.5. The molecule has 6 nitrogen and oxygen atoms in total. The Bertz CT molecular complexity index is 1140. The van der Waals surface area contributed by atoms with Gasteiger partial charge in [0, 0.05) is 36.9 Å². The van der Waals surface area contributed by atoms with Crippen LogP contribution in [0.25, 0.3) is 22.4 Å². The van der Waals surface area contributed by atoms with Gasteiger partial charge in [0.25, 0.3) is 5.56 Å². The fourth-order valence-corrected chi connectivity index (χ4v) is 5.27. The number of hydrogen-bond donors (Lipinski definition) is 2. The maximum atomic E-state index is 12.3. The Morgan fingerprint density at radius 2 is 2.07 bits per heavy atom. The van der Waals surface area contributed by atoms with Crippen LogP contribution in [-0.4, -0.2) is 52.6 Å². The minimum absolute atomic E-state index is 0.238. The number of rotatable bonds is 3. The highest BCUT2D eigenvalue weighted by molar-refractivity contribution is 6.33. The Kier molecular flexibility index (Phi) is 4.44. The number of nitrogens with zero attached hydrogens (tertiary/aromatic N) is 3. The summed E-state index contributed by atoms with van der Waals surface area (Å²) in [5.74, 6) is 0.513. The molecule has 1 spiro atoms. The molecule has 0 aliphatic carbocycles. The van der Waals surface area contributed by atoms with Gasteiger partial charge in [0.15, 0.2) is 0 Å². The van der Waals surface area contributed by atoms with Crippen molar-refractivity contribution in [3.05, 3.63) is 45.3 Å². The van der Waals surface area contributed by atoms with Gasteiger partial charge in [-0.05, 0) is 56.6 Å². The van der Waals surface area contributed by atoms with Crippen molar-refractivity contribution in [2.24, 2.45) is 5.41 Å². The van der Waals surface area contributed by atoms with E-state index in [2.05, 4.69) is 50.7 Å². The number of pyridine rings is 1. The van der Waals surface area contributed by atoms with Gasteiger partial charge in [-0.2, -0.15) is 0 Å². The van der Waals surface area contributed by atoms with Crippen LogP contribution in [0.2, 0.25) is 5.02 Å². The molecule has 1 atom stereocenters. The van der Waals surface area contributed by atoms with Gasteiger partial charge in [0.1, 0.15) is 11.4 Å². The number of halogens is 1. The first-order valence-corrected chi connectivity index (χ1v) is 10.7. The summed E-state index contributed by atoms with van der Waals surface area (Å²) in [6.07, 6.45) is 4.10. The number of hydrogen-bond acceptors (Lipinski definition) is 4. The van der Waals surface area contributed by atoms with Crippen LogP contribution in [0.4, 0.5) is 5.69 Å². The van der Waals surface area contributed by atoms with Gasteiger partial charge in [-0.1, -0.05) is 18.5 Å². The van der Waals surface area contributed by atoms with E-state index in [9.17, 15) is 4.79 Å². The van der Waals surface area contributed by atoms with Crippen molar-refractivity contribution in [2.45, 2.75) is 26.7 Å². The van der Waals surface area contributed by atoms with E-state index in [-0.39, 0.29) is 5.56 Å². The van der Waals surface area contributed by atoms with Crippen molar-refractivity contribution in [3.8, 4) is 11.4 Å². The molecule has 2 N–H and O–H groups in total. The lowest BCUT2D eigenvalue weighted by Gasteiger charge is -2.25. The standard InChI is InChI=1S/C22H26ClN5O/c1-3-27-8-5-22(12-27)6-9-28(13-22)15-10-14(2)19-17(11-15)25-20(26-19)18-16(23)4-7-24-21(18)29/h4,7,10-11H,3,5-6,8-9,12-13H2,1-2H3,(H,24,29)(H,25,26). The molecule has 152 valence electrons. The maximum Gasteiger partial charge on any atom is 0.260 e. The number of likely N-dealkylation sites (tertiary alicyclic amines) is 1. The van der Waals surface area contributed by atoms with Gasteiger partial charge in [-0.3, -0.25) is 4.79 Å². The van der Waals surface area contributed by atoms with Crippen molar-refractivity contribution >= 4 is 28.3 Å². The molecule has 3 aromatic rings. The van der Waals surface area contributed by atoms with Crippen LogP contribution in [0.5, 0.6) is 0 Å². The van der Waals surface area contributed by atoms with Crippen LogP contribution in [0.15, 0.2) is 29.2 Å². The van der Waals surface area contributed by atoms with Crippen LogP contribution in [-0.2, 0) is 0 Å². The highest BCUT2D eigenvalue weighted by Crippen LogP contribution is 2.41. The first kappa shape index (κ1) is 18.7. The summed E-state index contributed by atoms with van der Waals surface area (Å²) in [6, 6.07) is 6.05. The Hall–Kier alpha value is -2.31. The molecule has 5 rings (SSSR count). The average Bonchev–Trinajstić information content (AvgIpc) is 3.41. The summed E-state index contributed by atoms with van der Waals surface area (Å²) in [7, 11) is 0. The molecule has 1 aromatic carbocycles. The predicted molar refractivity (Wildman–Crippen MR) is 118 cm³/mol. The molecule has 0 radical (unpaired) electrons. The molecule has 2 fully saturated rings. The molecular weight excluding hydrogens is 386 g/mol. The largest absolute Gasteiger partial charge is 0.371 e. The van der Waals surface area contributed by atoms with E-state index in [1.54, 1.807) is 12.3 Å². The molecule has 2 aromatic heterocycles. The third-order valence-electron chi connectivity index (χ3n) is 6.68. The number of aromatic amines is 2. The molecular formula is C22H26ClN5O. The fraction of sp³-hybridized carbons (Fsp3) is 0.455. The van der Waals surface area contributed by atoms with Gasteiger partial charge in [0.05, 0.1) is 16.1 Å². The van der Waals surface area contributed by atoms with Crippen LogP contribution < -0.4 is 10.5 Å². The second-order valence-corrected chi connectivity index (χ2v) is 8.97. The Morgan fingerprint density at radius 1 is 1.24 bits per heavy atom. The molecule has 0 bridgehead atoms. The third-order valence-corrected chi connectivity index (χ3v) is 6.99. The van der Waals surface area contributed by atoms with E-state index in [0.717, 1.165) is 36.2 Å². The van der Waals surface area contributed by atoms with Gasteiger partial charge in [-0.25, -0.2) is 4.98 Å². The zero-order valence-corrected chi connectivity index (χ0v) is 17.6. The third kappa shape index (κ3) is 3.15. The SMILES string of the molecule is CCN1CCC2(CCN(c3cc(C)c4nc(-c5c(Cl)cc[nH]c5=O)[nH]c4c3)C2)C1. The summed E-state index contributed by atoms with van der Waals surface area (Å²) in [5.41, 5.74) is 4.74. The van der Waals surface area contributed by atoms with Crippen LogP contribution >= 0.6 is 11.6 Å². The lowest BCUT2D eigenvalue weighted by molar-refractivity contribution is 0.286. The number of H-pyrrole nitrogens is 2. The zero-order chi connectivity index (χ0) is 20.2. The van der Waals surface area contributed by atoms with E-state index in [0.29, 0.717) is 21.8 Å². The molecule has 7 heteroatoms. The fourth-order valence-electron chi connectivity index (χ4n) is 5.03. The van der Waals surface area contributed by atoms with Crippen LogP contribution in [0.1, 0.15) is 25.3 Å². The summed E-state index contributed by atoms with van der Waals surface area (Å²) in [4.78, 5) is 28.0. The van der Waals surface area contributed by atoms with Crippen molar-refractivity contribution in [1.29, 1.82) is 0 Å². The van der Waals surface area contributed by atoms with Crippen molar-refractivity contribution < 1.29 is 0 Å². The maximum absolute atomic E-state index is 12.3. The summed E-state index contributed by atoms with van der Waals surface area (Å²) < 4.78 is 0. The highest BCUT2D eigenvalue weighted by Gasteiger charge is 2.43. The summed E-state index contributed by atoms with van der Waals surface area (Å²) in [5, 5.41) is 0.397. The number of nitrogens with one attached hydrogen (secondary N) is 2. The number of aryl methyl sites for hydroxylation is 1. The lowest BCUT2D eigenvalue weighted by Crippen LogP contribution is -2.30. The lowest BCUT2D eigenvalue weighted by atomic mass is 9.86. The number of benzene rings is 1. The topological polar surface area (TPSA) is 68.0 Å². The Labute approximate surface area is 174 Å². The molecule has 2 saturated heterocycles. The zero-order valence-electron chi connectivity index (χ0n) is 16.9. The number of aromatic nitrogens is 3. The molecule has 4 heterocycles. The Balaban J connectivity index is 1.49. The summed E-state index contributed by atoms with van der Waals surface area (Å²) in [6.45, 7) is 10.1. The van der Waals surface area contributed by atoms with Gasteiger partial charge in [0.2, 0.25) is 0 Å². The van der Waals surface area contributed by atoms with E-state index in [1.165, 1.54) is 31.6 Å². The normalized spacial score (nSPS) is 22.4. The molecule has 1 unspecified atom stereocenters.